The average molecular weight is 576 g/mol. The van der Waals surface area contributed by atoms with Crippen molar-refractivity contribution in [2.45, 2.75) is 19.8 Å². The summed E-state index contributed by atoms with van der Waals surface area (Å²) in [5.41, 5.74) is 1.89. The van der Waals surface area contributed by atoms with E-state index in [0.717, 1.165) is 16.2 Å². The van der Waals surface area contributed by atoms with Crippen molar-refractivity contribution in [1.82, 2.24) is 14.8 Å². The molecule has 1 amide bonds. The van der Waals surface area contributed by atoms with Crippen LogP contribution >= 0.6 is 38.9 Å². The summed E-state index contributed by atoms with van der Waals surface area (Å²) in [5, 5.41) is 17.4. The predicted molar refractivity (Wildman–Crippen MR) is 138 cm³/mol. The molecule has 2 N–H and O–H groups in total. The van der Waals surface area contributed by atoms with Gasteiger partial charge in [-0.3, -0.25) is 4.79 Å². The second-order valence-corrected chi connectivity index (χ2v) is 9.84. The Hall–Kier alpha value is -3.21. The van der Waals surface area contributed by atoms with Crippen LogP contribution in [0.3, 0.4) is 0 Å². The van der Waals surface area contributed by atoms with Crippen LogP contribution in [0.1, 0.15) is 36.9 Å². The minimum Gasteiger partial charge on any atom is -0.497 e. The lowest BCUT2D eigenvalue weighted by molar-refractivity contribution is 0.0698. The van der Waals surface area contributed by atoms with Gasteiger partial charge < -0.3 is 15.2 Å². The summed E-state index contributed by atoms with van der Waals surface area (Å²) in [5.74, 6) is -0.575. The molecule has 0 saturated carbocycles. The second-order valence-electron chi connectivity index (χ2n) is 7.55. The van der Waals surface area contributed by atoms with E-state index in [4.69, 9.17) is 16.3 Å². The van der Waals surface area contributed by atoms with Gasteiger partial charge in [-0.2, -0.15) is 5.10 Å². The third kappa shape index (κ3) is 5.39. The number of rotatable bonds is 8. The Bertz CT molecular complexity index is 1400. The van der Waals surface area contributed by atoms with Crippen molar-refractivity contribution < 1.29 is 19.4 Å². The number of hydrogen-bond acceptors (Lipinski definition) is 6. The van der Waals surface area contributed by atoms with Gasteiger partial charge in [0.25, 0.3) is 5.91 Å². The highest BCUT2D eigenvalue weighted by Crippen LogP contribution is 2.31. The van der Waals surface area contributed by atoms with Gasteiger partial charge in [0.05, 0.1) is 17.7 Å². The number of carboxylic acids is 1. The number of carboxylic acid groups (broad SMARTS) is 1. The fourth-order valence-electron chi connectivity index (χ4n) is 3.46. The zero-order chi connectivity index (χ0) is 25.1. The van der Waals surface area contributed by atoms with Gasteiger partial charge in [-0.25, -0.2) is 14.5 Å². The Kier molecular flexibility index (Phi) is 7.54. The molecule has 0 aliphatic carbocycles. The first-order valence-electron chi connectivity index (χ1n) is 10.4. The molecule has 180 valence electrons. The predicted octanol–water partition coefficient (Wildman–Crippen LogP) is 5.80. The summed E-state index contributed by atoms with van der Waals surface area (Å²) >= 11 is 10.9. The first-order chi connectivity index (χ1) is 16.8. The Balaban J connectivity index is 1.59. The maximum absolute atomic E-state index is 13.3. The van der Waals surface area contributed by atoms with Crippen LogP contribution < -0.4 is 10.1 Å². The molecule has 0 saturated heterocycles. The molecular weight excluding hydrogens is 556 g/mol. The fraction of sp³-hybridized carbons (Fsp3) is 0.167. The molecule has 0 unspecified atom stereocenters. The number of nitrogens with one attached hydrogen (secondary N) is 1. The van der Waals surface area contributed by atoms with Crippen molar-refractivity contribution in [3.05, 3.63) is 85.5 Å². The number of pyridine rings is 1. The van der Waals surface area contributed by atoms with Crippen LogP contribution in [-0.4, -0.2) is 38.9 Å². The largest absolute Gasteiger partial charge is 0.497 e. The van der Waals surface area contributed by atoms with E-state index in [9.17, 15) is 14.7 Å². The van der Waals surface area contributed by atoms with Gasteiger partial charge in [0.2, 0.25) is 0 Å². The van der Waals surface area contributed by atoms with E-state index in [1.54, 1.807) is 38.4 Å². The summed E-state index contributed by atoms with van der Waals surface area (Å²) < 4.78 is 6.98. The van der Waals surface area contributed by atoms with Crippen LogP contribution in [0.5, 0.6) is 5.75 Å². The summed E-state index contributed by atoms with van der Waals surface area (Å²) in [6, 6.07) is 12.6. The van der Waals surface area contributed by atoms with Gasteiger partial charge in [-0.15, -0.1) is 11.3 Å². The number of methoxy groups -OCH3 is 1. The number of anilines is 1. The molecular formula is C24H20BrClN4O4S. The minimum absolute atomic E-state index is 0.0340. The number of ether oxygens (including phenoxy) is 1. The lowest BCUT2D eigenvalue weighted by Crippen LogP contribution is -2.19. The topological polar surface area (TPSA) is 106 Å². The van der Waals surface area contributed by atoms with Crippen LogP contribution in [0, 0.1) is 6.92 Å². The van der Waals surface area contributed by atoms with Crippen LogP contribution in [0.2, 0.25) is 5.02 Å². The quantitative estimate of drug-likeness (QED) is 0.275. The Morgan fingerprint density at radius 3 is 2.63 bits per heavy atom. The van der Waals surface area contributed by atoms with Crippen molar-refractivity contribution in [2.24, 2.45) is 0 Å². The van der Waals surface area contributed by atoms with Gasteiger partial charge in [-0.1, -0.05) is 23.7 Å². The van der Waals surface area contributed by atoms with Crippen LogP contribution in [0.25, 0.3) is 5.82 Å². The SMILES string of the molecule is COc1ccc(CCc2cc(C(=O)O)c(NC(=O)c3c(C)c(Br)nn3-c3ncccc3Cl)s2)cc1. The molecule has 35 heavy (non-hydrogen) atoms. The van der Waals surface area contributed by atoms with Gasteiger partial charge in [0, 0.05) is 16.6 Å². The molecule has 0 bridgehead atoms. The van der Waals surface area contributed by atoms with Gasteiger partial charge >= 0.3 is 5.97 Å². The van der Waals surface area contributed by atoms with E-state index in [2.05, 4.69) is 31.3 Å². The van der Waals surface area contributed by atoms with E-state index in [1.165, 1.54) is 16.0 Å². The Morgan fingerprint density at radius 2 is 1.97 bits per heavy atom. The van der Waals surface area contributed by atoms with Gasteiger partial charge in [-0.05, 0) is 71.6 Å². The summed E-state index contributed by atoms with van der Waals surface area (Å²) in [7, 11) is 1.61. The molecule has 3 heterocycles. The van der Waals surface area contributed by atoms with E-state index >= 15 is 0 Å². The number of nitrogens with zero attached hydrogens (tertiary/aromatic N) is 3. The van der Waals surface area contributed by atoms with Crippen molar-refractivity contribution in [1.29, 1.82) is 0 Å². The third-order valence-corrected chi connectivity index (χ3v) is 7.44. The standard InChI is InChI=1S/C24H20BrClN4O4S/c1-13-19(30(29-20(13)25)21-18(26)4-3-11-27-21)22(31)28-23-17(24(32)33)12-16(35-23)10-7-14-5-8-15(34-2)9-6-14/h3-6,8-9,11-12H,7,10H2,1-2H3,(H,28,31)(H,32,33). The Morgan fingerprint density at radius 1 is 1.23 bits per heavy atom. The smallest absolute Gasteiger partial charge is 0.338 e. The number of aromatic carboxylic acids is 1. The van der Waals surface area contributed by atoms with Crippen LogP contribution in [0.15, 0.2) is 53.3 Å². The number of thiophene rings is 1. The Labute approximate surface area is 218 Å². The molecule has 4 rings (SSSR count). The summed E-state index contributed by atoms with van der Waals surface area (Å²) in [6.07, 6.45) is 2.89. The normalized spacial score (nSPS) is 10.9. The average Bonchev–Trinajstić information content (AvgIpc) is 3.38. The number of carbonyl (C=O) groups is 2. The van der Waals surface area contributed by atoms with Gasteiger partial charge in [0.15, 0.2) is 5.82 Å². The van der Waals surface area contributed by atoms with Crippen molar-refractivity contribution >= 4 is 55.7 Å². The van der Waals surface area contributed by atoms with Crippen LogP contribution in [0.4, 0.5) is 5.00 Å². The molecule has 0 atom stereocenters. The van der Waals surface area contributed by atoms with Crippen molar-refractivity contribution in [3.63, 3.8) is 0 Å². The number of hydrogen-bond donors (Lipinski definition) is 2. The zero-order valence-electron chi connectivity index (χ0n) is 18.7. The molecule has 3 aromatic heterocycles. The molecule has 11 heteroatoms. The van der Waals surface area contributed by atoms with Crippen LogP contribution in [-0.2, 0) is 12.8 Å². The van der Waals surface area contributed by atoms with E-state index in [0.29, 0.717) is 28.0 Å². The highest BCUT2D eigenvalue weighted by Gasteiger charge is 2.25. The maximum atomic E-state index is 13.3. The number of halogens is 2. The lowest BCUT2D eigenvalue weighted by Gasteiger charge is -2.09. The molecule has 0 aliphatic heterocycles. The number of benzene rings is 1. The molecule has 0 spiro atoms. The molecule has 4 aromatic rings. The number of aromatic nitrogens is 3. The zero-order valence-corrected chi connectivity index (χ0v) is 21.9. The highest BCUT2D eigenvalue weighted by atomic mass is 79.9. The number of aryl methyl sites for hydroxylation is 2. The molecule has 0 radical (unpaired) electrons. The fourth-order valence-corrected chi connectivity index (χ4v) is 5.05. The number of amides is 1. The van der Waals surface area contributed by atoms with E-state index in [1.807, 2.05) is 24.3 Å². The van der Waals surface area contributed by atoms with Crippen molar-refractivity contribution in [2.75, 3.05) is 12.4 Å². The first-order valence-corrected chi connectivity index (χ1v) is 12.4. The second kappa shape index (κ2) is 10.6. The maximum Gasteiger partial charge on any atom is 0.338 e. The van der Waals surface area contributed by atoms with Gasteiger partial charge in [0.1, 0.15) is 21.0 Å². The summed E-state index contributed by atoms with van der Waals surface area (Å²) in [6.45, 7) is 1.73. The minimum atomic E-state index is -1.12. The van der Waals surface area contributed by atoms with E-state index in [-0.39, 0.29) is 22.1 Å². The first kappa shape index (κ1) is 24.9. The summed E-state index contributed by atoms with van der Waals surface area (Å²) in [4.78, 5) is 30.3. The van der Waals surface area contributed by atoms with Crippen molar-refractivity contribution in [3.8, 4) is 11.6 Å². The monoisotopic (exact) mass is 574 g/mol. The molecule has 8 nitrogen and oxygen atoms in total. The molecule has 0 fully saturated rings. The molecule has 0 aliphatic rings. The number of carbonyl (C=O) groups excluding carboxylic acids is 1. The lowest BCUT2D eigenvalue weighted by atomic mass is 10.1. The van der Waals surface area contributed by atoms with E-state index < -0.39 is 11.9 Å². The highest BCUT2D eigenvalue weighted by molar-refractivity contribution is 9.10. The third-order valence-electron chi connectivity index (χ3n) is 5.28. The molecule has 1 aromatic carbocycles.